The number of hydrogen-bond donors (Lipinski definition) is 1. The van der Waals surface area contributed by atoms with E-state index in [0.717, 1.165) is 11.1 Å². The highest BCUT2D eigenvalue weighted by Gasteiger charge is 2.57. The normalized spacial score (nSPS) is 22.5. The molecule has 1 aromatic heterocycles. The third-order valence-corrected chi connectivity index (χ3v) is 9.27. The van der Waals surface area contributed by atoms with E-state index in [0.29, 0.717) is 42.4 Å². The first-order chi connectivity index (χ1) is 20.3. The quantitative estimate of drug-likeness (QED) is 0.348. The number of hydrogen-bond acceptors (Lipinski definition) is 6. The summed E-state index contributed by atoms with van der Waals surface area (Å²) in [5.74, 6) is -2.05. The molecule has 0 bridgehead atoms. The van der Waals surface area contributed by atoms with E-state index in [-0.39, 0.29) is 29.7 Å². The van der Waals surface area contributed by atoms with Crippen molar-refractivity contribution in [3.8, 4) is 0 Å². The number of carbonyl (C=O) groups excluding carboxylic acids is 4. The van der Waals surface area contributed by atoms with Crippen LogP contribution in [0, 0.1) is 5.92 Å². The van der Waals surface area contributed by atoms with Crippen LogP contribution in [0.5, 0.6) is 0 Å². The number of likely N-dealkylation sites (tertiary alicyclic amines) is 2. The average Bonchev–Trinajstić information content (AvgIpc) is 3.66. The molecule has 8 nitrogen and oxygen atoms in total. The second-order valence-corrected chi connectivity index (χ2v) is 12.0. The van der Waals surface area contributed by atoms with Crippen molar-refractivity contribution < 1.29 is 23.9 Å². The molecule has 2 aromatic carbocycles. The molecule has 4 unspecified atom stereocenters. The number of ether oxygens (including phenoxy) is 1. The van der Waals surface area contributed by atoms with Crippen molar-refractivity contribution in [1.29, 1.82) is 0 Å². The van der Waals surface area contributed by atoms with E-state index in [2.05, 4.69) is 5.32 Å². The van der Waals surface area contributed by atoms with Gasteiger partial charge in [-0.2, -0.15) is 0 Å². The Labute approximate surface area is 254 Å². The molecule has 220 valence electrons. The maximum Gasteiger partial charge on any atom is 0.409 e. The van der Waals surface area contributed by atoms with E-state index in [1.807, 2.05) is 53.9 Å². The van der Waals surface area contributed by atoms with Crippen LogP contribution in [0.15, 0.2) is 72.1 Å². The van der Waals surface area contributed by atoms with E-state index < -0.39 is 23.9 Å². The Balaban J connectivity index is 1.54. The van der Waals surface area contributed by atoms with E-state index in [4.69, 9.17) is 16.3 Å². The minimum absolute atomic E-state index is 0.108. The minimum atomic E-state index is -0.939. The van der Waals surface area contributed by atoms with Gasteiger partial charge < -0.3 is 19.9 Å². The third kappa shape index (κ3) is 6.08. The molecule has 3 aromatic rings. The number of nitrogens with one attached hydrogen (secondary N) is 1. The van der Waals surface area contributed by atoms with Gasteiger partial charge in [0.05, 0.1) is 23.4 Å². The van der Waals surface area contributed by atoms with E-state index in [1.54, 1.807) is 34.9 Å². The van der Waals surface area contributed by atoms with Gasteiger partial charge >= 0.3 is 6.09 Å². The molecule has 1 N–H and O–H groups in total. The number of thiophene rings is 1. The molecule has 2 aliphatic heterocycles. The van der Waals surface area contributed by atoms with Crippen LogP contribution < -0.4 is 5.32 Å². The Morgan fingerprint density at radius 1 is 0.952 bits per heavy atom. The van der Waals surface area contributed by atoms with Crippen molar-refractivity contribution in [3.05, 3.63) is 93.1 Å². The molecule has 3 heterocycles. The van der Waals surface area contributed by atoms with Gasteiger partial charge in [-0.3, -0.25) is 14.4 Å². The van der Waals surface area contributed by atoms with E-state index in [1.165, 1.54) is 18.3 Å². The lowest BCUT2D eigenvalue weighted by Crippen LogP contribution is -2.53. The lowest BCUT2D eigenvalue weighted by atomic mass is 9.77. The second-order valence-electron chi connectivity index (χ2n) is 10.6. The lowest BCUT2D eigenvalue weighted by molar-refractivity contribution is -0.139. The van der Waals surface area contributed by atoms with Gasteiger partial charge in [-0.1, -0.05) is 60.1 Å². The first kappa shape index (κ1) is 29.8. The second kappa shape index (κ2) is 13.1. The number of rotatable bonds is 7. The zero-order chi connectivity index (χ0) is 29.8. The summed E-state index contributed by atoms with van der Waals surface area (Å²) in [4.78, 5) is 58.0. The number of Topliss-reactive ketones (excluding diaryl/α,β-unsaturated/α-hetero) is 1. The van der Waals surface area contributed by atoms with Crippen molar-refractivity contribution in [2.45, 2.75) is 50.7 Å². The Morgan fingerprint density at radius 3 is 2.24 bits per heavy atom. The largest absolute Gasteiger partial charge is 0.450 e. The van der Waals surface area contributed by atoms with Crippen molar-refractivity contribution in [3.63, 3.8) is 0 Å². The highest BCUT2D eigenvalue weighted by molar-refractivity contribution is 7.12. The fourth-order valence-electron chi connectivity index (χ4n) is 6.28. The summed E-state index contributed by atoms with van der Waals surface area (Å²) in [6.07, 6.45) is 0.759. The molecule has 0 spiro atoms. The maximum atomic E-state index is 14.3. The minimum Gasteiger partial charge on any atom is -0.450 e. The molecular weight excluding hydrogens is 574 g/mol. The number of nitrogens with zero attached hydrogens (tertiary/aromatic N) is 2. The standard InChI is InChI=1S/C32H34ClN3O5S/c1-3-41-32(40)35-17-15-24(16-18-35)34-31(39)29-26(21-11-13-23(33)14-12-21)27(30(38)25-10-7-19-42-25)28(36(29)20(2)37)22-8-5-4-6-9-22/h4-14,19,24,26-29H,3,15-18H2,1-2H3,(H,34,39). The van der Waals surface area contributed by atoms with Crippen molar-refractivity contribution in [2.75, 3.05) is 19.7 Å². The number of benzene rings is 2. The summed E-state index contributed by atoms with van der Waals surface area (Å²) in [5, 5.41) is 5.56. The van der Waals surface area contributed by atoms with Crippen LogP contribution in [-0.4, -0.2) is 65.3 Å². The number of ketones is 1. The predicted octanol–water partition coefficient (Wildman–Crippen LogP) is 5.69. The van der Waals surface area contributed by atoms with Crippen molar-refractivity contribution >= 4 is 46.6 Å². The topological polar surface area (TPSA) is 96.0 Å². The molecule has 42 heavy (non-hydrogen) atoms. The lowest BCUT2D eigenvalue weighted by Gasteiger charge is -2.34. The smallest absolute Gasteiger partial charge is 0.409 e. The van der Waals surface area contributed by atoms with Gasteiger partial charge in [0.2, 0.25) is 11.8 Å². The van der Waals surface area contributed by atoms with E-state index >= 15 is 0 Å². The fraction of sp³-hybridized carbons (Fsp3) is 0.375. The summed E-state index contributed by atoms with van der Waals surface area (Å²) in [6, 6.07) is 18.5. The third-order valence-electron chi connectivity index (χ3n) is 8.13. The molecule has 10 heteroatoms. The van der Waals surface area contributed by atoms with Gasteiger partial charge in [0, 0.05) is 37.0 Å². The van der Waals surface area contributed by atoms with Crippen LogP contribution in [0.1, 0.15) is 59.4 Å². The summed E-state index contributed by atoms with van der Waals surface area (Å²) >= 11 is 7.59. The monoisotopic (exact) mass is 607 g/mol. The first-order valence-corrected chi connectivity index (χ1v) is 15.4. The van der Waals surface area contributed by atoms with Crippen LogP contribution in [0.4, 0.5) is 4.79 Å². The number of piperidine rings is 1. The summed E-state index contributed by atoms with van der Waals surface area (Å²) in [5.41, 5.74) is 1.55. The van der Waals surface area contributed by atoms with Crippen LogP contribution in [0.25, 0.3) is 0 Å². The average molecular weight is 608 g/mol. The molecule has 0 saturated carbocycles. The highest BCUT2D eigenvalue weighted by Crippen LogP contribution is 2.51. The van der Waals surface area contributed by atoms with Gasteiger partial charge in [-0.05, 0) is 54.5 Å². The van der Waals surface area contributed by atoms with Crippen LogP contribution >= 0.6 is 22.9 Å². The van der Waals surface area contributed by atoms with Gasteiger partial charge in [0.1, 0.15) is 6.04 Å². The molecule has 2 fully saturated rings. The van der Waals surface area contributed by atoms with Crippen LogP contribution in [-0.2, 0) is 14.3 Å². The van der Waals surface area contributed by atoms with Crippen LogP contribution in [0.2, 0.25) is 5.02 Å². The van der Waals surface area contributed by atoms with Crippen LogP contribution in [0.3, 0.4) is 0 Å². The molecule has 0 radical (unpaired) electrons. The number of amides is 3. The summed E-state index contributed by atoms with van der Waals surface area (Å²) < 4.78 is 5.12. The van der Waals surface area contributed by atoms with Gasteiger partial charge in [0.15, 0.2) is 5.78 Å². The molecule has 3 amide bonds. The Morgan fingerprint density at radius 2 is 1.64 bits per heavy atom. The Bertz CT molecular complexity index is 1410. The van der Waals surface area contributed by atoms with Crippen molar-refractivity contribution in [2.24, 2.45) is 5.92 Å². The van der Waals surface area contributed by atoms with Crippen molar-refractivity contribution in [1.82, 2.24) is 15.1 Å². The first-order valence-electron chi connectivity index (χ1n) is 14.2. The molecule has 0 aliphatic carbocycles. The predicted molar refractivity (Wildman–Crippen MR) is 162 cm³/mol. The summed E-state index contributed by atoms with van der Waals surface area (Å²) in [7, 11) is 0. The summed E-state index contributed by atoms with van der Waals surface area (Å²) in [6.45, 7) is 4.43. The molecule has 5 rings (SSSR count). The van der Waals surface area contributed by atoms with Gasteiger partial charge in [-0.25, -0.2) is 4.79 Å². The Kier molecular flexibility index (Phi) is 9.28. The molecule has 4 atom stereocenters. The molecular formula is C32H34ClN3O5S. The Hall–Kier alpha value is -3.69. The number of carbonyl (C=O) groups is 4. The zero-order valence-corrected chi connectivity index (χ0v) is 25.1. The van der Waals surface area contributed by atoms with Gasteiger partial charge in [-0.15, -0.1) is 11.3 Å². The highest BCUT2D eigenvalue weighted by atomic mass is 35.5. The molecule has 2 saturated heterocycles. The fourth-order valence-corrected chi connectivity index (χ4v) is 7.12. The maximum absolute atomic E-state index is 14.3. The van der Waals surface area contributed by atoms with E-state index in [9.17, 15) is 19.2 Å². The SMILES string of the molecule is CCOC(=O)N1CCC(NC(=O)C2C(c3ccc(Cl)cc3)C(C(=O)c3cccs3)C(c3ccccc3)N2C(C)=O)CC1. The van der Waals surface area contributed by atoms with Gasteiger partial charge in [0.25, 0.3) is 0 Å². The zero-order valence-electron chi connectivity index (χ0n) is 23.6. The molecule has 2 aliphatic rings. The number of halogens is 1.